The molecule has 11 heteroatoms. The Balaban J connectivity index is -0.00000000400. The van der Waals surface area contributed by atoms with Crippen molar-refractivity contribution in [3.63, 3.8) is 0 Å². The van der Waals surface area contributed by atoms with Gasteiger partial charge in [0, 0.05) is 0 Å². The van der Waals surface area contributed by atoms with Crippen LogP contribution in [0.25, 0.3) is 0 Å². The summed E-state index contributed by atoms with van der Waals surface area (Å²) < 4.78 is 31.3. The van der Waals surface area contributed by atoms with Gasteiger partial charge in [-0.15, -0.1) is 0 Å². The molecule has 0 aliphatic heterocycles. The van der Waals surface area contributed by atoms with Gasteiger partial charge in [0.2, 0.25) is 0 Å². The van der Waals surface area contributed by atoms with Crippen molar-refractivity contribution in [2.75, 3.05) is 0 Å². The van der Waals surface area contributed by atoms with Crippen LogP contribution in [0.1, 0.15) is 0 Å². The maximum absolute atomic E-state index is 8.57. The minimum atomic E-state index is -1.50. The number of hydrogen-bond donors (Lipinski definition) is 2. The predicted octanol–water partition coefficient (Wildman–Crippen LogP) is -3.49. The summed E-state index contributed by atoms with van der Waals surface area (Å²) in [6.45, 7) is 0. The van der Waals surface area contributed by atoms with Crippen LogP contribution in [0.5, 0.6) is 0 Å². The third kappa shape index (κ3) is 103. The average Bonchev–Trinajstić information content (AvgIpc) is 1.39. The van der Waals surface area contributed by atoms with E-state index >= 15 is 0 Å². The van der Waals surface area contributed by atoms with E-state index in [1.807, 2.05) is 0 Å². The molecule has 48 valence electrons. The second-order valence-electron chi connectivity index (χ2n) is 0.211. The Labute approximate surface area is 198 Å². The molecule has 0 aliphatic carbocycles. The van der Waals surface area contributed by atoms with E-state index in [2.05, 4.69) is 0 Å². The molecule has 0 spiro atoms. The Kier molecular flexibility index (Phi) is 245. The van der Waals surface area contributed by atoms with Gasteiger partial charge in [-0.25, -0.2) is 0 Å². The van der Waals surface area contributed by atoms with E-state index in [-0.39, 0.29) is 158 Å². The molecule has 0 saturated carbocycles. The van der Waals surface area contributed by atoms with Crippen molar-refractivity contribution < 1.29 is 26.9 Å². The van der Waals surface area contributed by atoms with E-state index in [1.54, 1.807) is 0 Å². The van der Waals surface area contributed by atoms with Crippen molar-refractivity contribution >= 4 is 178 Å². The van der Waals surface area contributed by atoms with Gasteiger partial charge in [0.25, 0.3) is 0 Å². The molecular weight excluding hydrogens is 562 g/mol. The fourth-order valence-corrected chi connectivity index (χ4v) is 0. The van der Waals surface area contributed by atoms with Crippen LogP contribution in [0.2, 0.25) is 0 Å². The summed E-state index contributed by atoms with van der Waals surface area (Å²) in [5.41, 5.74) is 0. The van der Waals surface area contributed by atoms with Crippen molar-refractivity contribution in [3.8, 4) is 0 Å². The molecule has 11 heavy (non-hydrogen) atoms. The van der Waals surface area contributed by atoms with Crippen LogP contribution in [0.4, 0.5) is 0 Å². The first kappa shape index (κ1) is 44.6. The molecule has 0 aromatic rings. The van der Waals surface area contributed by atoms with E-state index in [4.69, 9.17) is 15.9 Å². The van der Waals surface area contributed by atoms with Gasteiger partial charge in [-0.1, -0.05) is 0 Å². The molecular formula is H2Al2Ba3O6+2. The fourth-order valence-electron chi connectivity index (χ4n) is 0. The van der Waals surface area contributed by atoms with Crippen LogP contribution in [0.15, 0.2) is 0 Å². The molecule has 2 N–H and O–H groups in total. The normalized spacial score (nSPS) is 1.45. The van der Waals surface area contributed by atoms with Gasteiger partial charge < -0.3 is 11.0 Å². The summed E-state index contributed by atoms with van der Waals surface area (Å²) in [6.07, 6.45) is 0. The van der Waals surface area contributed by atoms with E-state index < -0.39 is 31.0 Å². The third-order valence-corrected chi connectivity index (χ3v) is 0. The Hall–Kier alpha value is 4.90. The summed E-state index contributed by atoms with van der Waals surface area (Å²) >= 11 is -3.00. The molecule has 0 amide bonds. The molecule has 0 aliphatic rings. The molecule has 0 bridgehead atoms. The summed E-state index contributed by atoms with van der Waals surface area (Å²) in [5, 5.41) is 0. The maximum atomic E-state index is 8.57. The van der Waals surface area contributed by atoms with Crippen LogP contribution in [-0.2, 0) is 18.6 Å². The fraction of sp³-hybridized carbons (Fsp3) is 0. The summed E-state index contributed by atoms with van der Waals surface area (Å²) in [5.74, 6) is 0. The molecule has 0 atom stereocenters. The van der Waals surface area contributed by atoms with Gasteiger partial charge in [0.15, 0.2) is 0 Å². The van der Waals surface area contributed by atoms with Crippen LogP contribution in [0, 0.1) is 0 Å². The number of rotatable bonds is 0. The standard InChI is InChI=1S/2Al.3Ba.2H2O.4O/h;;;;;2*1H2;;;;/q2*+1;3*+2;;;;;2*-2/p-2. The molecule has 0 fully saturated rings. The zero-order valence-corrected chi connectivity index (χ0v) is 21.4. The second-order valence-corrected chi connectivity index (χ2v) is 0.632. The molecule has 0 unspecified atom stereocenters. The Morgan fingerprint density at radius 1 is 0.727 bits per heavy atom. The van der Waals surface area contributed by atoms with Crippen molar-refractivity contribution in [2.45, 2.75) is 0 Å². The first-order chi connectivity index (χ1) is 2.83. The Morgan fingerprint density at radius 2 is 0.727 bits per heavy atom. The van der Waals surface area contributed by atoms with Gasteiger partial charge in [-0.05, 0) is 0 Å². The minimum absolute atomic E-state index is 0. The monoisotopic (exact) mass is 566 g/mol. The van der Waals surface area contributed by atoms with Crippen molar-refractivity contribution in [1.29, 1.82) is 0 Å². The Bertz CT molecular complexity index is 36.8. The van der Waals surface area contributed by atoms with E-state index in [0.29, 0.717) is 0 Å². The van der Waals surface area contributed by atoms with Gasteiger partial charge in [0.05, 0.1) is 0 Å². The van der Waals surface area contributed by atoms with Crippen molar-refractivity contribution in [2.24, 2.45) is 0 Å². The zero-order chi connectivity index (χ0) is 5.41. The van der Waals surface area contributed by atoms with Crippen LogP contribution < -0.4 is 0 Å². The van der Waals surface area contributed by atoms with E-state index in [0.717, 1.165) is 0 Å². The number of hydrogen-bond acceptors (Lipinski definition) is 2. The summed E-state index contributed by atoms with van der Waals surface area (Å²) in [7, 11) is 0. The summed E-state index contributed by atoms with van der Waals surface area (Å²) in [4.78, 5) is 0. The molecule has 0 rings (SSSR count). The average molecular weight is 564 g/mol. The van der Waals surface area contributed by atoms with Gasteiger partial charge in [-0.3, -0.25) is 0 Å². The van der Waals surface area contributed by atoms with Crippen LogP contribution in [0.3, 0.4) is 0 Å². The van der Waals surface area contributed by atoms with Crippen LogP contribution in [-0.4, -0.2) is 186 Å². The predicted molar refractivity (Wildman–Crippen MR) is 36.0 cm³/mol. The van der Waals surface area contributed by atoms with Crippen molar-refractivity contribution in [3.05, 3.63) is 0 Å². The van der Waals surface area contributed by atoms with Gasteiger partial charge >= 0.3 is 194 Å². The summed E-state index contributed by atoms with van der Waals surface area (Å²) in [6, 6.07) is 0. The molecule has 0 radical (unpaired) electrons. The Morgan fingerprint density at radius 3 is 0.727 bits per heavy atom. The van der Waals surface area contributed by atoms with Crippen LogP contribution >= 0.6 is 0 Å². The molecule has 0 aromatic heterocycles. The topological polar surface area (TPSA) is 132 Å². The quantitative estimate of drug-likeness (QED) is 0.296. The zero-order valence-electron chi connectivity index (χ0n) is 5.80. The van der Waals surface area contributed by atoms with Gasteiger partial charge in [-0.2, -0.15) is 0 Å². The third-order valence-electron chi connectivity index (χ3n) is 0. The first-order valence-corrected chi connectivity index (χ1v) is 2.96. The first-order valence-electron chi connectivity index (χ1n) is 0.988. The van der Waals surface area contributed by atoms with Gasteiger partial charge in [0.1, 0.15) is 0 Å². The SMILES string of the molecule is [Ba+2].[Ba+2].[Ba+2].[O-2].[O-2].[O]=[Al][OH].[O]=[Al][OH]. The van der Waals surface area contributed by atoms with Crippen molar-refractivity contribution in [1.82, 2.24) is 0 Å². The molecule has 6 nitrogen and oxygen atoms in total. The second kappa shape index (κ2) is 60.5. The van der Waals surface area contributed by atoms with E-state index in [9.17, 15) is 0 Å². The molecule has 0 heterocycles. The van der Waals surface area contributed by atoms with E-state index in [1.165, 1.54) is 0 Å². The molecule has 0 aromatic carbocycles. The molecule has 0 saturated heterocycles.